The number of nitrogens with one attached hydrogen (secondary N) is 2. The Morgan fingerprint density at radius 3 is 2.52 bits per heavy atom. The minimum Gasteiger partial charge on any atom is -0.487 e. The lowest BCUT2D eigenvalue weighted by atomic mass is 9.83. The zero-order chi connectivity index (χ0) is 17.9. The van der Waals surface area contributed by atoms with Crippen molar-refractivity contribution >= 4 is 23.3 Å². The monoisotopic (exact) mass is 358 g/mol. The molecule has 0 saturated carbocycles. The van der Waals surface area contributed by atoms with Gasteiger partial charge in [-0.05, 0) is 43.2 Å². The van der Waals surface area contributed by atoms with Gasteiger partial charge in [-0.25, -0.2) is 4.79 Å². The number of para-hydroxylation sites is 1. The molecule has 1 heterocycles. The molecule has 1 unspecified atom stereocenters. The Kier molecular flexibility index (Phi) is 5.19. The summed E-state index contributed by atoms with van der Waals surface area (Å²) >= 11 is 5.88. The molecule has 3 rings (SSSR count). The molecule has 0 bridgehead atoms. The summed E-state index contributed by atoms with van der Waals surface area (Å²) in [6.45, 7) is 4.25. The average Bonchev–Trinajstić information content (AvgIpc) is 2.63. The molecule has 0 aromatic heterocycles. The summed E-state index contributed by atoms with van der Waals surface area (Å²) < 4.78 is 6.27. The summed E-state index contributed by atoms with van der Waals surface area (Å²) in [4.78, 5) is 12.5. The molecule has 0 saturated heterocycles. The van der Waals surface area contributed by atoms with Crippen molar-refractivity contribution in [2.24, 2.45) is 0 Å². The number of urea groups is 1. The molecule has 132 valence electrons. The number of amides is 2. The minimum atomic E-state index is -0.243. The standard InChI is InChI=1S/C20H23ClN2O2/c1-3-20(4-2)13-17(16-7-5-6-8-18(16)25-20)23-19(24)22-15-11-9-14(21)10-12-15/h5-12,17H,3-4,13H2,1-2H3,(H2,22,23,24). The average molecular weight is 359 g/mol. The molecule has 2 N–H and O–H groups in total. The van der Waals surface area contributed by atoms with E-state index in [1.54, 1.807) is 24.3 Å². The molecule has 2 amide bonds. The first-order valence-corrected chi connectivity index (χ1v) is 9.04. The van der Waals surface area contributed by atoms with E-state index >= 15 is 0 Å². The normalized spacial score (nSPS) is 18.0. The number of benzene rings is 2. The number of halogens is 1. The highest BCUT2D eigenvalue weighted by atomic mass is 35.5. The van der Waals surface area contributed by atoms with E-state index in [0.717, 1.165) is 30.6 Å². The first kappa shape index (κ1) is 17.6. The summed E-state index contributed by atoms with van der Waals surface area (Å²) in [6, 6.07) is 14.7. The second-order valence-electron chi connectivity index (χ2n) is 6.39. The number of hydrogen-bond donors (Lipinski definition) is 2. The number of ether oxygens (including phenoxy) is 1. The van der Waals surface area contributed by atoms with Crippen LogP contribution in [0, 0.1) is 0 Å². The fraction of sp³-hybridized carbons (Fsp3) is 0.350. The lowest BCUT2D eigenvalue weighted by molar-refractivity contribution is 0.0247. The minimum absolute atomic E-state index is 0.0860. The number of hydrogen-bond acceptors (Lipinski definition) is 2. The van der Waals surface area contributed by atoms with E-state index in [1.165, 1.54) is 0 Å². The van der Waals surface area contributed by atoms with Gasteiger partial charge in [-0.15, -0.1) is 0 Å². The van der Waals surface area contributed by atoms with Crippen LogP contribution in [-0.2, 0) is 0 Å². The fourth-order valence-electron chi connectivity index (χ4n) is 3.29. The molecule has 2 aromatic rings. The lowest BCUT2D eigenvalue weighted by Gasteiger charge is -2.41. The quantitative estimate of drug-likeness (QED) is 0.753. The maximum Gasteiger partial charge on any atom is 0.319 e. The summed E-state index contributed by atoms with van der Waals surface area (Å²) in [5.41, 5.74) is 1.48. The van der Waals surface area contributed by atoms with Gasteiger partial charge in [0.1, 0.15) is 11.4 Å². The maximum atomic E-state index is 12.5. The number of anilines is 1. The predicted octanol–water partition coefficient (Wildman–Crippen LogP) is 5.54. The molecular formula is C20H23ClN2O2. The molecule has 0 fully saturated rings. The number of carbonyl (C=O) groups excluding carboxylic acids is 1. The molecule has 25 heavy (non-hydrogen) atoms. The Labute approximate surface area is 153 Å². The maximum absolute atomic E-state index is 12.5. The van der Waals surface area contributed by atoms with E-state index in [0.29, 0.717) is 10.7 Å². The SMILES string of the molecule is CCC1(CC)CC(NC(=O)Nc2ccc(Cl)cc2)c2ccccc2O1. The third-order valence-electron chi connectivity index (χ3n) is 4.89. The first-order chi connectivity index (χ1) is 12.0. The van der Waals surface area contributed by atoms with Crippen LogP contribution in [0.1, 0.15) is 44.7 Å². The number of rotatable bonds is 4. The van der Waals surface area contributed by atoms with Crippen molar-refractivity contribution in [1.82, 2.24) is 5.32 Å². The molecular weight excluding hydrogens is 336 g/mol. The smallest absolute Gasteiger partial charge is 0.319 e. The van der Waals surface area contributed by atoms with Crippen LogP contribution >= 0.6 is 11.6 Å². The van der Waals surface area contributed by atoms with Gasteiger partial charge in [0.2, 0.25) is 0 Å². The van der Waals surface area contributed by atoms with Gasteiger partial charge in [0.05, 0.1) is 6.04 Å². The first-order valence-electron chi connectivity index (χ1n) is 8.66. The fourth-order valence-corrected chi connectivity index (χ4v) is 3.41. The highest BCUT2D eigenvalue weighted by molar-refractivity contribution is 6.30. The van der Waals surface area contributed by atoms with E-state index in [2.05, 4.69) is 24.5 Å². The van der Waals surface area contributed by atoms with Crippen LogP contribution in [0.25, 0.3) is 0 Å². The summed E-state index contributed by atoms with van der Waals surface area (Å²) in [5, 5.41) is 6.60. The van der Waals surface area contributed by atoms with Crippen LogP contribution in [0.5, 0.6) is 5.75 Å². The molecule has 0 aliphatic carbocycles. The Balaban J connectivity index is 1.78. The van der Waals surface area contributed by atoms with Crippen molar-refractivity contribution in [3.63, 3.8) is 0 Å². The van der Waals surface area contributed by atoms with Gasteiger partial charge < -0.3 is 15.4 Å². The van der Waals surface area contributed by atoms with E-state index in [-0.39, 0.29) is 17.7 Å². The summed E-state index contributed by atoms with van der Waals surface area (Å²) in [5.74, 6) is 0.856. The van der Waals surface area contributed by atoms with E-state index in [9.17, 15) is 4.79 Å². The Hall–Kier alpha value is -2.20. The number of carbonyl (C=O) groups is 1. The van der Waals surface area contributed by atoms with Crippen LogP contribution in [0.4, 0.5) is 10.5 Å². The third kappa shape index (κ3) is 3.90. The van der Waals surface area contributed by atoms with Gasteiger partial charge >= 0.3 is 6.03 Å². The van der Waals surface area contributed by atoms with E-state index in [4.69, 9.17) is 16.3 Å². The van der Waals surface area contributed by atoms with Crippen LogP contribution < -0.4 is 15.4 Å². The van der Waals surface area contributed by atoms with Crippen molar-refractivity contribution in [2.75, 3.05) is 5.32 Å². The van der Waals surface area contributed by atoms with Crippen molar-refractivity contribution < 1.29 is 9.53 Å². The topological polar surface area (TPSA) is 50.4 Å². The van der Waals surface area contributed by atoms with E-state index in [1.807, 2.05) is 24.3 Å². The molecule has 4 nitrogen and oxygen atoms in total. The summed E-state index contributed by atoms with van der Waals surface area (Å²) in [6.07, 6.45) is 2.55. The zero-order valence-electron chi connectivity index (χ0n) is 14.5. The van der Waals surface area contributed by atoms with Crippen molar-refractivity contribution in [1.29, 1.82) is 0 Å². The van der Waals surface area contributed by atoms with Gasteiger partial charge in [0, 0.05) is 22.7 Å². The molecule has 1 aliphatic heterocycles. The molecule has 1 aliphatic rings. The van der Waals surface area contributed by atoms with Crippen LogP contribution in [0.3, 0.4) is 0 Å². The second kappa shape index (κ2) is 7.36. The second-order valence-corrected chi connectivity index (χ2v) is 6.83. The molecule has 1 atom stereocenters. The van der Waals surface area contributed by atoms with Gasteiger partial charge in [0.25, 0.3) is 0 Å². The highest BCUT2D eigenvalue weighted by Gasteiger charge is 2.38. The Morgan fingerprint density at radius 2 is 1.84 bits per heavy atom. The molecule has 5 heteroatoms. The van der Waals surface area contributed by atoms with Crippen LogP contribution in [-0.4, -0.2) is 11.6 Å². The van der Waals surface area contributed by atoms with Gasteiger partial charge in [-0.3, -0.25) is 0 Å². The van der Waals surface area contributed by atoms with Gasteiger partial charge in [0.15, 0.2) is 0 Å². The predicted molar refractivity (Wildman–Crippen MR) is 101 cm³/mol. The van der Waals surface area contributed by atoms with Crippen LogP contribution in [0.15, 0.2) is 48.5 Å². The van der Waals surface area contributed by atoms with E-state index < -0.39 is 0 Å². The summed E-state index contributed by atoms with van der Waals surface area (Å²) in [7, 11) is 0. The molecule has 0 radical (unpaired) electrons. The van der Waals surface area contributed by atoms with Gasteiger partial charge in [-0.2, -0.15) is 0 Å². The highest BCUT2D eigenvalue weighted by Crippen LogP contribution is 2.42. The Morgan fingerprint density at radius 1 is 1.16 bits per heavy atom. The number of fused-ring (bicyclic) bond motifs is 1. The lowest BCUT2D eigenvalue weighted by Crippen LogP contribution is -2.45. The van der Waals surface area contributed by atoms with Crippen molar-refractivity contribution in [3.8, 4) is 5.75 Å². The third-order valence-corrected chi connectivity index (χ3v) is 5.15. The largest absolute Gasteiger partial charge is 0.487 e. The van der Waals surface area contributed by atoms with Crippen molar-refractivity contribution in [2.45, 2.75) is 44.8 Å². The zero-order valence-corrected chi connectivity index (χ0v) is 15.3. The van der Waals surface area contributed by atoms with Gasteiger partial charge in [-0.1, -0.05) is 43.6 Å². The van der Waals surface area contributed by atoms with Crippen LogP contribution in [0.2, 0.25) is 5.02 Å². The van der Waals surface area contributed by atoms with Crippen molar-refractivity contribution in [3.05, 3.63) is 59.1 Å². The molecule has 0 spiro atoms. The molecule has 2 aromatic carbocycles. The Bertz CT molecular complexity index is 742.